The van der Waals surface area contributed by atoms with Gasteiger partial charge in [0, 0.05) is 10.0 Å². The van der Waals surface area contributed by atoms with Crippen molar-refractivity contribution in [3.63, 3.8) is 0 Å². The van der Waals surface area contributed by atoms with Crippen molar-refractivity contribution in [2.45, 2.75) is 19.6 Å². The van der Waals surface area contributed by atoms with Gasteiger partial charge in [0.25, 0.3) is 0 Å². The first-order valence-electron chi connectivity index (χ1n) is 5.24. The van der Waals surface area contributed by atoms with Gasteiger partial charge in [-0.15, -0.1) is 5.54 Å². The zero-order chi connectivity index (χ0) is 13.1. The molecule has 0 unspecified atom stereocenters. The van der Waals surface area contributed by atoms with Gasteiger partial charge in [-0.2, -0.15) is 0 Å². The normalized spacial score (nSPS) is 10.4. The fraction of sp³-hybridized carbons (Fsp3) is 0.308. The average Bonchev–Trinajstić information content (AvgIpc) is 2.25. The van der Waals surface area contributed by atoms with Crippen molar-refractivity contribution in [1.29, 1.82) is 0 Å². The average molecular weight is 311 g/mol. The third-order valence-electron chi connectivity index (χ3n) is 1.96. The van der Waals surface area contributed by atoms with Crippen molar-refractivity contribution in [1.82, 2.24) is 0 Å². The Kier molecular flexibility index (Phi) is 4.55. The monoisotopic (exact) mass is 310 g/mol. The lowest BCUT2D eigenvalue weighted by molar-refractivity contribution is 0.0600. The molecule has 4 heteroatoms. The first-order valence-corrected chi connectivity index (χ1v) is 9.54. The SMILES string of the molecule is COC(=O)c1cc(Br)ccc1C#C[Si](C)(C)C. The zero-order valence-electron chi connectivity index (χ0n) is 10.4. The number of rotatable bonds is 1. The van der Waals surface area contributed by atoms with Gasteiger partial charge in [-0.3, -0.25) is 0 Å². The van der Waals surface area contributed by atoms with E-state index in [-0.39, 0.29) is 5.97 Å². The molecular weight excluding hydrogens is 296 g/mol. The summed E-state index contributed by atoms with van der Waals surface area (Å²) in [5, 5.41) is 0. The quantitative estimate of drug-likeness (QED) is 0.451. The van der Waals surface area contributed by atoms with E-state index in [1.807, 2.05) is 12.1 Å². The van der Waals surface area contributed by atoms with E-state index in [9.17, 15) is 4.79 Å². The topological polar surface area (TPSA) is 26.3 Å². The number of hydrogen-bond acceptors (Lipinski definition) is 2. The molecule has 2 nitrogen and oxygen atoms in total. The molecule has 0 fully saturated rings. The van der Waals surface area contributed by atoms with Gasteiger partial charge in [0.15, 0.2) is 0 Å². The summed E-state index contributed by atoms with van der Waals surface area (Å²) < 4.78 is 5.59. The van der Waals surface area contributed by atoms with E-state index in [1.54, 1.807) is 6.07 Å². The lowest BCUT2D eigenvalue weighted by Crippen LogP contribution is -2.16. The Labute approximate surface area is 112 Å². The predicted molar refractivity (Wildman–Crippen MR) is 75.7 cm³/mol. The summed E-state index contributed by atoms with van der Waals surface area (Å²) in [6, 6.07) is 5.45. The Balaban J connectivity index is 3.23. The minimum Gasteiger partial charge on any atom is -0.465 e. The maximum Gasteiger partial charge on any atom is 0.339 e. The maximum atomic E-state index is 11.6. The van der Waals surface area contributed by atoms with Crippen molar-refractivity contribution in [2.75, 3.05) is 7.11 Å². The molecule has 0 aliphatic heterocycles. The third-order valence-corrected chi connectivity index (χ3v) is 3.33. The molecule has 0 saturated carbocycles. The van der Waals surface area contributed by atoms with Gasteiger partial charge in [0.2, 0.25) is 0 Å². The number of methoxy groups -OCH3 is 1. The van der Waals surface area contributed by atoms with E-state index < -0.39 is 8.07 Å². The molecular formula is C13H15BrO2Si. The minimum atomic E-state index is -1.45. The summed E-state index contributed by atoms with van der Waals surface area (Å²) >= 11 is 3.34. The molecule has 0 saturated heterocycles. The number of carbonyl (C=O) groups is 1. The second-order valence-electron chi connectivity index (χ2n) is 4.68. The van der Waals surface area contributed by atoms with Gasteiger partial charge in [-0.05, 0) is 18.2 Å². The standard InChI is InChI=1S/C13H15BrO2Si/c1-16-13(15)12-9-11(14)6-5-10(12)7-8-17(2,3)4/h5-6,9H,1-4H3. The number of benzene rings is 1. The molecule has 90 valence electrons. The van der Waals surface area contributed by atoms with E-state index in [1.165, 1.54) is 7.11 Å². The highest BCUT2D eigenvalue weighted by atomic mass is 79.9. The van der Waals surface area contributed by atoms with Gasteiger partial charge in [0.1, 0.15) is 8.07 Å². The highest BCUT2D eigenvalue weighted by Crippen LogP contribution is 2.17. The van der Waals surface area contributed by atoms with Crippen LogP contribution in [0.25, 0.3) is 0 Å². The van der Waals surface area contributed by atoms with E-state index in [2.05, 4.69) is 47.0 Å². The van der Waals surface area contributed by atoms with Crippen LogP contribution in [-0.4, -0.2) is 21.2 Å². The molecule has 0 radical (unpaired) electrons. The molecule has 0 amide bonds. The Morgan fingerprint density at radius 2 is 2.00 bits per heavy atom. The first kappa shape index (κ1) is 14.0. The van der Waals surface area contributed by atoms with Crippen LogP contribution < -0.4 is 0 Å². The lowest BCUT2D eigenvalue weighted by atomic mass is 10.1. The van der Waals surface area contributed by atoms with Crippen LogP contribution in [0.1, 0.15) is 15.9 Å². The Morgan fingerprint density at radius 1 is 1.35 bits per heavy atom. The van der Waals surface area contributed by atoms with Crippen molar-refractivity contribution in [3.8, 4) is 11.5 Å². The van der Waals surface area contributed by atoms with Gasteiger partial charge >= 0.3 is 5.97 Å². The van der Waals surface area contributed by atoms with Crippen LogP contribution in [0.15, 0.2) is 22.7 Å². The number of hydrogen-bond donors (Lipinski definition) is 0. The van der Waals surface area contributed by atoms with Crippen LogP contribution in [0.3, 0.4) is 0 Å². The van der Waals surface area contributed by atoms with E-state index in [4.69, 9.17) is 4.74 Å². The summed E-state index contributed by atoms with van der Waals surface area (Å²) in [4.78, 5) is 11.6. The van der Waals surface area contributed by atoms with Gasteiger partial charge in [-0.25, -0.2) is 4.79 Å². The van der Waals surface area contributed by atoms with Crippen molar-refractivity contribution in [2.24, 2.45) is 0 Å². The summed E-state index contributed by atoms with van der Waals surface area (Å²) in [7, 11) is -0.0725. The van der Waals surface area contributed by atoms with E-state index in [0.717, 1.165) is 10.0 Å². The first-order chi connectivity index (χ1) is 7.83. The van der Waals surface area contributed by atoms with Gasteiger partial charge < -0.3 is 4.74 Å². The van der Waals surface area contributed by atoms with Crippen molar-refractivity contribution < 1.29 is 9.53 Å². The van der Waals surface area contributed by atoms with E-state index in [0.29, 0.717) is 5.56 Å². The third kappa shape index (κ3) is 4.37. The molecule has 1 aromatic carbocycles. The van der Waals surface area contributed by atoms with Crippen molar-refractivity contribution >= 4 is 30.0 Å². The van der Waals surface area contributed by atoms with Gasteiger partial charge in [0.05, 0.1) is 12.7 Å². The zero-order valence-corrected chi connectivity index (χ0v) is 13.0. The minimum absolute atomic E-state index is 0.355. The van der Waals surface area contributed by atoms with Crippen LogP contribution in [0.4, 0.5) is 0 Å². The molecule has 0 aromatic heterocycles. The molecule has 0 aliphatic carbocycles. The molecule has 0 heterocycles. The molecule has 0 spiro atoms. The number of ether oxygens (including phenoxy) is 1. The van der Waals surface area contributed by atoms with Crippen LogP contribution in [0, 0.1) is 11.5 Å². The number of esters is 1. The molecule has 0 atom stereocenters. The summed E-state index contributed by atoms with van der Waals surface area (Å²) in [5.41, 5.74) is 4.47. The number of halogens is 1. The number of carbonyl (C=O) groups excluding carboxylic acids is 1. The second kappa shape index (κ2) is 5.52. The summed E-state index contributed by atoms with van der Waals surface area (Å²) in [6.45, 7) is 6.49. The Morgan fingerprint density at radius 3 is 2.53 bits per heavy atom. The fourth-order valence-corrected chi connectivity index (χ4v) is 2.03. The molecule has 1 aromatic rings. The molecule has 1 rings (SSSR count). The Hall–Kier alpha value is -1.05. The van der Waals surface area contributed by atoms with Crippen LogP contribution in [-0.2, 0) is 4.74 Å². The molecule has 17 heavy (non-hydrogen) atoms. The van der Waals surface area contributed by atoms with Crippen LogP contribution in [0.2, 0.25) is 19.6 Å². The summed E-state index contributed by atoms with van der Waals surface area (Å²) in [5.74, 6) is 2.73. The van der Waals surface area contributed by atoms with Crippen LogP contribution in [0.5, 0.6) is 0 Å². The molecule has 0 aliphatic rings. The highest BCUT2D eigenvalue weighted by Gasteiger charge is 2.12. The summed E-state index contributed by atoms with van der Waals surface area (Å²) in [6.07, 6.45) is 0. The van der Waals surface area contributed by atoms with Crippen LogP contribution >= 0.6 is 15.9 Å². The maximum absolute atomic E-state index is 11.6. The lowest BCUT2D eigenvalue weighted by Gasteiger charge is -2.06. The smallest absolute Gasteiger partial charge is 0.339 e. The molecule has 0 bridgehead atoms. The van der Waals surface area contributed by atoms with Gasteiger partial charge in [-0.1, -0.05) is 41.5 Å². The molecule has 0 N–H and O–H groups in total. The highest BCUT2D eigenvalue weighted by molar-refractivity contribution is 9.10. The second-order valence-corrected chi connectivity index (χ2v) is 10.3. The predicted octanol–water partition coefficient (Wildman–Crippen LogP) is 3.46. The fourth-order valence-electron chi connectivity index (χ4n) is 1.16. The van der Waals surface area contributed by atoms with E-state index >= 15 is 0 Å². The van der Waals surface area contributed by atoms with Crippen molar-refractivity contribution in [3.05, 3.63) is 33.8 Å². The Bertz CT molecular complexity index is 492. The largest absolute Gasteiger partial charge is 0.465 e.